The van der Waals surface area contributed by atoms with Crippen LogP contribution in [0, 0.1) is 0 Å². The first kappa shape index (κ1) is 17.9. The Morgan fingerprint density at radius 1 is 1.10 bits per heavy atom. The zero-order valence-electron chi connectivity index (χ0n) is 13.3. The summed E-state index contributed by atoms with van der Waals surface area (Å²) in [4.78, 5) is 0. The number of benzene rings is 1. The SMILES string of the molecule is CCN(CC)S(=O)OCCCc1ccc(OC)c(OC)c1. The fourth-order valence-electron chi connectivity index (χ4n) is 1.95. The van der Waals surface area contributed by atoms with Crippen molar-refractivity contribution in [1.82, 2.24) is 4.31 Å². The minimum atomic E-state index is -1.34. The van der Waals surface area contributed by atoms with Crippen molar-refractivity contribution in [3.8, 4) is 11.5 Å². The molecule has 0 heterocycles. The number of methoxy groups -OCH3 is 2. The first-order chi connectivity index (χ1) is 10.2. The number of hydrogen-bond donors (Lipinski definition) is 0. The molecule has 0 bridgehead atoms. The van der Waals surface area contributed by atoms with Gasteiger partial charge in [-0.1, -0.05) is 19.9 Å². The first-order valence-electron chi connectivity index (χ1n) is 7.17. The standard InChI is InChI=1S/C15H25NO4S/c1-5-16(6-2)21(17)20-11-7-8-13-9-10-14(18-3)15(12-13)19-4/h9-10,12H,5-8,11H2,1-4H3. The van der Waals surface area contributed by atoms with E-state index in [-0.39, 0.29) is 0 Å². The van der Waals surface area contributed by atoms with Crippen LogP contribution in [0.2, 0.25) is 0 Å². The van der Waals surface area contributed by atoms with E-state index < -0.39 is 11.3 Å². The van der Waals surface area contributed by atoms with Gasteiger partial charge in [-0.15, -0.1) is 0 Å². The van der Waals surface area contributed by atoms with Gasteiger partial charge in [0.05, 0.1) is 20.8 Å². The second-order valence-corrected chi connectivity index (χ2v) is 5.63. The zero-order valence-corrected chi connectivity index (χ0v) is 14.1. The van der Waals surface area contributed by atoms with Crippen molar-refractivity contribution >= 4 is 11.3 Å². The molecule has 1 atom stereocenters. The van der Waals surface area contributed by atoms with Gasteiger partial charge in [-0.05, 0) is 30.5 Å². The van der Waals surface area contributed by atoms with Crippen molar-refractivity contribution in [3.05, 3.63) is 23.8 Å². The van der Waals surface area contributed by atoms with Crippen molar-refractivity contribution in [2.75, 3.05) is 33.9 Å². The molecule has 0 aliphatic rings. The minimum Gasteiger partial charge on any atom is -0.493 e. The van der Waals surface area contributed by atoms with Gasteiger partial charge in [0.2, 0.25) is 11.3 Å². The van der Waals surface area contributed by atoms with E-state index in [0.717, 1.165) is 43.0 Å². The van der Waals surface area contributed by atoms with Crippen LogP contribution >= 0.6 is 0 Å². The lowest BCUT2D eigenvalue weighted by molar-refractivity contribution is 0.303. The number of rotatable bonds is 10. The van der Waals surface area contributed by atoms with Crippen LogP contribution in [0.5, 0.6) is 11.5 Å². The highest BCUT2D eigenvalue weighted by atomic mass is 32.2. The Labute approximate surface area is 130 Å². The third kappa shape index (κ3) is 5.65. The highest BCUT2D eigenvalue weighted by molar-refractivity contribution is 7.77. The summed E-state index contributed by atoms with van der Waals surface area (Å²) in [6, 6.07) is 5.85. The molecule has 0 aromatic heterocycles. The molecule has 21 heavy (non-hydrogen) atoms. The Balaban J connectivity index is 2.41. The smallest absolute Gasteiger partial charge is 0.237 e. The lowest BCUT2D eigenvalue weighted by atomic mass is 10.1. The van der Waals surface area contributed by atoms with Gasteiger partial charge in [-0.2, -0.15) is 0 Å². The summed E-state index contributed by atoms with van der Waals surface area (Å²) in [5, 5.41) is 0. The van der Waals surface area contributed by atoms with Crippen LogP contribution in [0.1, 0.15) is 25.8 Å². The van der Waals surface area contributed by atoms with Crippen LogP contribution in [0.25, 0.3) is 0 Å². The van der Waals surface area contributed by atoms with Gasteiger partial charge in [0.1, 0.15) is 0 Å². The van der Waals surface area contributed by atoms with Crippen molar-refractivity contribution in [2.45, 2.75) is 26.7 Å². The maximum Gasteiger partial charge on any atom is 0.237 e. The summed E-state index contributed by atoms with van der Waals surface area (Å²) in [7, 11) is 3.24. The highest BCUT2D eigenvalue weighted by Gasteiger charge is 2.09. The molecule has 0 saturated carbocycles. The van der Waals surface area contributed by atoms with E-state index in [1.54, 1.807) is 18.5 Å². The van der Waals surface area contributed by atoms with Gasteiger partial charge in [-0.25, -0.2) is 8.51 Å². The van der Waals surface area contributed by atoms with Crippen LogP contribution in [0.3, 0.4) is 0 Å². The highest BCUT2D eigenvalue weighted by Crippen LogP contribution is 2.27. The first-order valence-corrected chi connectivity index (χ1v) is 8.20. The zero-order chi connectivity index (χ0) is 15.7. The molecule has 0 radical (unpaired) electrons. The fourth-order valence-corrected chi connectivity index (χ4v) is 2.78. The maximum absolute atomic E-state index is 11.8. The molecular weight excluding hydrogens is 290 g/mol. The predicted octanol–water partition coefficient (Wildman–Crippen LogP) is 2.57. The molecule has 0 N–H and O–H groups in total. The average Bonchev–Trinajstić information content (AvgIpc) is 2.52. The normalized spacial score (nSPS) is 12.4. The number of nitrogens with zero attached hydrogens (tertiary/aromatic N) is 1. The monoisotopic (exact) mass is 315 g/mol. The number of aryl methyl sites for hydroxylation is 1. The molecule has 0 aliphatic carbocycles. The second kappa shape index (κ2) is 9.76. The van der Waals surface area contributed by atoms with Crippen LogP contribution < -0.4 is 9.47 Å². The van der Waals surface area contributed by atoms with Crippen LogP contribution in [-0.2, 0) is 21.9 Å². The largest absolute Gasteiger partial charge is 0.493 e. The topological polar surface area (TPSA) is 48.0 Å². The Hall–Kier alpha value is -1.11. The molecule has 1 aromatic carbocycles. The van der Waals surface area contributed by atoms with E-state index in [4.69, 9.17) is 13.7 Å². The van der Waals surface area contributed by atoms with Crippen LogP contribution in [0.4, 0.5) is 0 Å². The van der Waals surface area contributed by atoms with Gasteiger partial charge < -0.3 is 9.47 Å². The average molecular weight is 315 g/mol. The molecule has 0 saturated heterocycles. The molecule has 0 fully saturated rings. The third-order valence-electron chi connectivity index (χ3n) is 3.16. The lowest BCUT2D eigenvalue weighted by Gasteiger charge is -2.15. The Bertz CT molecular complexity index is 449. The Morgan fingerprint density at radius 2 is 1.76 bits per heavy atom. The number of ether oxygens (including phenoxy) is 2. The van der Waals surface area contributed by atoms with E-state index in [1.807, 2.05) is 32.0 Å². The summed E-state index contributed by atoms with van der Waals surface area (Å²) in [5.74, 6) is 1.45. The second-order valence-electron chi connectivity index (χ2n) is 4.45. The molecule has 1 aromatic rings. The van der Waals surface area contributed by atoms with Gasteiger partial charge in [0.15, 0.2) is 11.5 Å². The van der Waals surface area contributed by atoms with Crippen molar-refractivity contribution in [3.63, 3.8) is 0 Å². The molecule has 1 unspecified atom stereocenters. The van der Waals surface area contributed by atoms with Gasteiger partial charge in [0, 0.05) is 13.1 Å². The molecule has 0 aliphatic heterocycles. The molecule has 0 spiro atoms. The lowest BCUT2D eigenvalue weighted by Crippen LogP contribution is -2.27. The summed E-state index contributed by atoms with van der Waals surface area (Å²) >= 11 is -1.34. The van der Waals surface area contributed by atoms with Crippen LogP contribution in [-0.4, -0.2) is 42.4 Å². The predicted molar refractivity (Wildman–Crippen MR) is 84.9 cm³/mol. The van der Waals surface area contributed by atoms with Gasteiger partial charge >= 0.3 is 0 Å². The van der Waals surface area contributed by atoms with Crippen molar-refractivity contribution < 1.29 is 17.9 Å². The minimum absolute atomic E-state index is 0.470. The summed E-state index contributed by atoms with van der Waals surface area (Å²) < 4.78 is 29.4. The van der Waals surface area contributed by atoms with Crippen molar-refractivity contribution in [2.24, 2.45) is 0 Å². The van der Waals surface area contributed by atoms with E-state index in [0.29, 0.717) is 6.61 Å². The Morgan fingerprint density at radius 3 is 2.33 bits per heavy atom. The molecule has 120 valence electrons. The summed E-state index contributed by atoms with van der Waals surface area (Å²) in [6.45, 7) is 5.85. The summed E-state index contributed by atoms with van der Waals surface area (Å²) in [5.41, 5.74) is 1.14. The fraction of sp³-hybridized carbons (Fsp3) is 0.600. The Kier molecular flexibility index (Phi) is 8.34. The van der Waals surface area contributed by atoms with Gasteiger partial charge in [0.25, 0.3) is 0 Å². The molecule has 6 heteroatoms. The number of hydrogen-bond acceptors (Lipinski definition) is 4. The van der Waals surface area contributed by atoms with Gasteiger partial charge in [-0.3, -0.25) is 4.18 Å². The van der Waals surface area contributed by atoms with E-state index in [2.05, 4.69) is 0 Å². The van der Waals surface area contributed by atoms with E-state index in [1.165, 1.54) is 0 Å². The van der Waals surface area contributed by atoms with Crippen molar-refractivity contribution in [1.29, 1.82) is 0 Å². The molecule has 1 rings (SSSR count). The molecule has 0 amide bonds. The molecular formula is C15H25NO4S. The van der Waals surface area contributed by atoms with Crippen LogP contribution in [0.15, 0.2) is 18.2 Å². The molecule has 5 nitrogen and oxygen atoms in total. The maximum atomic E-state index is 11.8. The quantitative estimate of drug-likeness (QED) is 0.623. The summed E-state index contributed by atoms with van der Waals surface area (Å²) in [6.07, 6.45) is 1.65. The van der Waals surface area contributed by atoms with E-state index in [9.17, 15) is 4.21 Å². The van der Waals surface area contributed by atoms with E-state index >= 15 is 0 Å². The third-order valence-corrected chi connectivity index (χ3v) is 4.46.